The number of nitrogens with zero attached hydrogens (tertiary/aromatic N) is 3. The van der Waals surface area contributed by atoms with E-state index in [1.807, 2.05) is 0 Å². The van der Waals surface area contributed by atoms with Crippen LogP contribution in [0.25, 0.3) is 0 Å². The van der Waals surface area contributed by atoms with Crippen LogP contribution in [0.5, 0.6) is 0 Å². The zero-order valence-electron chi connectivity index (χ0n) is 13.7. The van der Waals surface area contributed by atoms with Crippen LogP contribution in [0.1, 0.15) is 25.1 Å². The van der Waals surface area contributed by atoms with Crippen molar-refractivity contribution in [2.45, 2.75) is 50.2 Å². The second-order valence-electron chi connectivity index (χ2n) is 6.05. The number of aromatic nitrogens is 3. The molecule has 0 spiro atoms. The molecule has 0 amide bonds. The Kier molecular flexibility index (Phi) is 6.03. The molecule has 11 heteroatoms. The third-order valence-electron chi connectivity index (χ3n) is 4.26. The number of ether oxygens (including phenoxy) is 2. The zero-order chi connectivity index (χ0) is 18.8. The number of aliphatic carboxylic acids is 1. The molecule has 0 bridgehead atoms. The van der Waals surface area contributed by atoms with Crippen LogP contribution in [0.3, 0.4) is 0 Å². The van der Waals surface area contributed by atoms with Gasteiger partial charge in [0.25, 0.3) is 0 Å². The Morgan fingerprint density at radius 1 is 1.60 bits per heavy atom. The van der Waals surface area contributed by atoms with Crippen LogP contribution < -0.4 is 0 Å². The van der Waals surface area contributed by atoms with Gasteiger partial charge in [0, 0.05) is 19.4 Å². The molecular formula is C14H21F2N3O6. The maximum atomic E-state index is 14.8. The van der Waals surface area contributed by atoms with Crippen LogP contribution >= 0.6 is 0 Å². The lowest BCUT2D eigenvalue weighted by atomic mass is 9.83. The topological polar surface area (TPSA) is 127 Å². The van der Waals surface area contributed by atoms with Crippen LogP contribution in [-0.4, -0.2) is 74.2 Å². The van der Waals surface area contributed by atoms with E-state index in [0.29, 0.717) is 5.69 Å². The quantitative estimate of drug-likeness (QED) is 0.608. The van der Waals surface area contributed by atoms with Crippen molar-refractivity contribution < 1.29 is 38.4 Å². The largest absolute Gasteiger partial charge is 0.477 e. The fraction of sp³-hybridized carbons (Fsp3) is 0.786. The highest BCUT2D eigenvalue weighted by Gasteiger charge is 2.61. The lowest BCUT2D eigenvalue weighted by Gasteiger charge is -2.44. The summed E-state index contributed by atoms with van der Waals surface area (Å²) in [5, 5.41) is 35.1. The van der Waals surface area contributed by atoms with Gasteiger partial charge in [-0.3, -0.25) is 0 Å². The first-order chi connectivity index (χ1) is 11.7. The smallest absolute Gasteiger partial charge is 0.372 e. The van der Waals surface area contributed by atoms with Crippen molar-refractivity contribution in [3.05, 3.63) is 11.9 Å². The number of alkyl halides is 2. The molecule has 3 N–H and O–H groups in total. The molecule has 1 saturated heterocycles. The molecule has 25 heavy (non-hydrogen) atoms. The summed E-state index contributed by atoms with van der Waals surface area (Å²) in [4.78, 5) is 11.3. The molecule has 9 nitrogen and oxygen atoms in total. The average Bonchev–Trinajstić information content (AvgIpc) is 3.01. The number of methoxy groups -OCH3 is 1. The monoisotopic (exact) mass is 365 g/mol. The van der Waals surface area contributed by atoms with E-state index in [2.05, 4.69) is 10.3 Å². The van der Waals surface area contributed by atoms with Crippen LogP contribution in [0.4, 0.5) is 8.78 Å². The van der Waals surface area contributed by atoms with Crippen molar-refractivity contribution in [1.29, 1.82) is 0 Å². The molecule has 0 aliphatic carbocycles. The highest BCUT2D eigenvalue weighted by molar-refractivity contribution is 5.76. The maximum absolute atomic E-state index is 14.8. The summed E-state index contributed by atoms with van der Waals surface area (Å²) < 4.78 is 40.3. The van der Waals surface area contributed by atoms with Gasteiger partial charge in [0.1, 0.15) is 5.69 Å². The molecule has 1 aromatic heterocycles. The number of rotatable bonds is 7. The molecule has 2 rings (SSSR count). The molecule has 1 fully saturated rings. The normalized spacial score (nSPS) is 34.0. The number of carbonyl (C=O) groups is 1. The van der Waals surface area contributed by atoms with E-state index in [1.54, 1.807) is 0 Å². The Hall–Kier alpha value is -1.69. The molecule has 1 aromatic rings. The Balaban J connectivity index is 2.37. The predicted octanol–water partition coefficient (Wildman–Crippen LogP) is -0.168. The fourth-order valence-corrected chi connectivity index (χ4v) is 2.92. The summed E-state index contributed by atoms with van der Waals surface area (Å²) in [6, 6.07) is -1.33. The zero-order valence-corrected chi connectivity index (χ0v) is 13.7. The number of hydrogen-bond acceptors (Lipinski definition) is 7. The molecule has 1 aliphatic heterocycles. The van der Waals surface area contributed by atoms with E-state index in [0.717, 1.165) is 4.68 Å². The van der Waals surface area contributed by atoms with Gasteiger partial charge in [-0.1, -0.05) is 12.1 Å². The first-order valence-corrected chi connectivity index (χ1v) is 7.67. The first kappa shape index (κ1) is 19.6. The van der Waals surface area contributed by atoms with E-state index >= 15 is 0 Å². The third kappa shape index (κ3) is 3.78. The average molecular weight is 365 g/mol. The van der Waals surface area contributed by atoms with Crippen molar-refractivity contribution in [3.8, 4) is 0 Å². The van der Waals surface area contributed by atoms with Crippen LogP contribution in [0, 0.1) is 5.92 Å². The van der Waals surface area contributed by atoms with E-state index < -0.39 is 48.8 Å². The number of halogens is 2. The summed E-state index contributed by atoms with van der Waals surface area (Å²) in [6.45, 7) is 0.996. The summed E-state index contributed by atoms with van der Waals surface area (Å²) in [5.74, 6) is -6.47. The molecule has 0 radical (unpaired) electrons. The Bertz CT molecular complexity index is 603. The van der Waals surface area contributed by atoms with E-state index in [9.17, 15) is 18.7 Å². The van der Waals surface area contributed by atoms with Crippen LogP contribution in [0.2, 0.25) is 0 Å². The number of aliphatic hydroxyl groups is 2. The highest BCUT2D eigenvalue weighted by atomic mass is 19.2. The van der Waals surface area contributed by atoms with E-state index in [1.165, 1.54) is 20.2 Å². The molecular weight excluding hydrogens is 344 g/mol. The highest BCUT2D eigenvalue weighted by Crippen LogP contribution is 2.44. The van der Waals surface area contributed by atoms with Crippen molar-refractivity contribution >= 4 is 5.97 Å². The van der Waals surface area contributed by atoms with Gasteiger partial charge < -0.3 is 24.8 Å². The molecule has 142 valence electrons. The van der Waals surface area contributed by atoms with Gasteiger partial charge >= 0.3 is 11.8 Å². The number of aliphatic hydroxyl groups excluding tert-OH is 2. The second kappa shape index (κ2) is 7.68. The summed E-state index contributed by atoms with van der Waals surface area (Å²) in [6.07, 6.45) is -3.90. The van der Waals surface area contributed by atoms with Gasteiger partial charge in [-0.25, -0.2) is 13.9 Å². The molecule has 0 aromatic carbocycles. The van der Waals surface area contributed by atoms with Gasteiger partial charge in [0.05, 0.1) is 37.7 Å². The summed E-state index contributed by atoms with van der Waals surface area (Å²) in [5.41, 5.74) is 0.361. The fourth-order valence-electron chi connectivity index (χ4n) is 2.92. The van der Waals surface area contributed by atoms with E-state index in [4.69, 9.17) is 19.7 Å². The standard InChI is InChI=1S/C14H21F2N3O6/c1-7-10(3-9(21)5-20)25-14(16,13(22)23)12(15)11(7)19-4-8(6-24-2)17-18-19/h4,7,9-12,20-21H,3,5-6H2,1-2H3,(H,22,23). The minimum Gasteiger partial charge on any atom is -0.477 e. The SMILES string of the molecule is COCc1cn(C2C(C)C(CC(O)CO)OC(F)(C(=O)O)C2F)nn1. The van der Waals surface area contributed by atoms with Gasteiger partial charge in [-0.15, -0.1) is 5.10 Å². The molecule has 6 atom stereocenters. The lowest BCUT2D eigenvalue weighted by molar-refractivity contribution is -0.274. The van der Waals surface area contributed by atoms with Crippen molar-refractivity contribution in [3.63, 3.8) is 0 Å². The van der Waals surface area contributed by atoms with Crippen molar-refractivity contribution in [2.75, 3.05) is 13.7 Å². The van der Waals surface area contributed by atoms with Gasteiger partial charge in [-0.05, 0) is 0 Å². The predicted molar refractivity (Wildman–Crippen MR) is 77.9 cm³/mol. The van der Waals surface area contributed by atoms with Crippen molar-refractivity contribution in [1.82, 2.24) is 15.0 Å². The maximum Gasteiger partial charge on any atom is 0.372 e. The van der Waals surface area contributed by atoms with Gasteiger partial charge in [-0.2, -0.15) is 4.39 Å². The Labute approximate surface area is 142 Å². The number of carboxylic acids is 1. The molecule has 0 saturated carbocycles. The van der Waals surface area contributed by atoms with Crippen LogP contribution in [0.15, 0.2) is 6.20 Å². The van der Waals surface area contributed by atoms with Gasteiger partial charge in [0.15, 0.2) is 6.17 Å². The van der Waals surface area contributed by atoms with Crippen LogP contribution in [-0.2, 0) is 20.9 Å². The van der Waals surface area contributed by atoms with Crippen molar-refractivity contribution in [2.24, 2.45) is 5.92 Å². The van der Waals surface area contributed by atoms with Gasteiger partial charge in [0.2, 0.25) is 0 Å². The Morgan fingerprint density at radius 2 is 2.28 bits per heavy atom. The molecule has 6 unspecified atom stereocenters. The third-order valence-corrected chi connectivity index (χ3v) is 4.26. The Morgan fingerprint density at radius 3 is 2.84 bits per heavy atom. The summed E-state index contributed by atoms with van der Waals surface area (Å²) in [7, 11) is 1.43. The number of hydrogen-bond donors (Lipinski definition) is 3. The lowest BCUT2D eigenvalue weighted by Crippen LogP contribution is -2.59. The first-order valence-electron chi connectivity index (χ1n) is 7.67. The number of carboxylic acid groups (broad SMARTS) is 1. The molecule has 2 heterocycles. The molecule has 1 aliphatic rings. The minimum absolute atomic E-state index is 0.0981. The second-order valence-corrected chi connectivity index (χ2v) is 6.05. The summed E-state index contributed by atoms with van der Waals surface area (Å²) >= 11 is 0. The minimum atomic E-state index is -3.61. The van der Waals surface area contributed by atoms with E-state index in [-0.39, 0.29) is 13.0 Å².